The number of benzene rings is 1. The maximum absolute atomic E-state index is 13.2. The zero-order valence-electron chi connectivity index (χ0n) is 14.0. The molecule has 0 aliphatic rings. The van der Waals surface area contributed by atoms with Crippen molar-refractivity contribution in [1.82, 2.24) is 4.57 Å². The molecule has 0 bridgehead atoms. The highest BCUT2D eigenvalue weighted by molar-refractivity contribution is 7.64. The van der Waals surface area contributed by atoms with E-state index in [1.165, 1.54) is 5.56 Å². The predicted molar refractivity (Wildman–Crippen MR) is 96.9 cm³/mol. The molecule has 1 heterocycles. The molecule has 4 heteroatoms. The Bertz CT molecular complexity index is 641. The maximum Gasteiger partial charge on any atom is 0.231 e. The van der Waals surface area contributed by atoms with Gasteiger partial charge in [0, 0.05) is 24.5 Å². The molecule has 0 unspecified atom stereocenters. The second-order valence-corrected chi connectivity index (χ2v) is 9.85. The highest BCUT2D eigenvalue weighted by atomic mass is 31.2. The Hall–Kier alpha value is -1.60. The van der Waals surface area contributed by atoms with E-state index in [0.717, 1.165) is 12.8 Å². The van der Waals surface area contributed by atoms with Gasteiger partial charge in [0.1, 0.15) is 0 Å². The lowest BCUT2D eigenvalue weighted by Crippen LogP contribution is -2.21. The first kappa shape index (κ1) is 17.7. The number of aryl methyl sites for hydroxylation is 1. The fraction of sp³-hybridized carbons (Fsp3) is 0.421. The molecule has 0 aliphatic heterocycles. The summed E-state index contributed by atoms with van der Waals surface area (Å²) in [6.07, 6.45) is 6.90. The molecule has 0 aliphatic carbocycles. The summed E-state index contributed by atoms with van der Waals surface area (Å²) in [5.74, 6) is 0.0372. The van der Waals surface area contributed by atoms with Gasteiger partial charge in [0.15, 0.2) is 0 Å². The van der Waals surface area contributed by atoms with Crippen LogP contribution in [0.15, 0.2) is 54.9 Å². The van der Waals surface area contributed by atoms with E-state index in [4.69, 9.17) is 0 Å². The van der Waals surface area contributed by atoms with Crippen LogP contribution in [0.25, 0.3) is 0 Å². The summed E-state index contributed by atoms with van der Waals surface area (Å²) in [6.45, 7) is 3.97. The zero-order valence-corrected chi connectivity index (χ0v) is 14.9. The molecule has 1 aromatic carbocycles. The molecule has 0 saturated carbocycles. The average molecular weight is 331 g/mol. The fourth-order valence-corrected chi connectivity index (χ4v) is 5.60. The SMILES string of the molecule is CCP(=O)(CC)[C@H](CCc1ccccc1)CC(=O)n1cccc1. The number of hydrogen-bond acceptors (Lipinski definition) is 2. The Balaban J connectivity index is 2.11. The molecule has 0 N–H and O–H groups in total. The summed E-state index contributed by atoms with van der Waals surface area (Å²) in [7, 11) is -2.32. The van der Waals surface area contributed by atoms with Crippen LogP contribution in [0.2, 0.25) is 0 Å². The van der Waals surface area contributed by atoms with E-state index in [1.807, 2.05) is 44.2 Å². The van der Waals surface area contributed by atoms with E-state index in [9.17, 15) is 9.36 Å². The molecule has 1 aromatic heterocycles. The number of carbonyl (C=O) groups is 1. The molecule has 0 radical (unpaired) electrons. The van der Waals surface area contributed by atoms with E-state index in [-0.39, 0.29) is 11.6 Å². The van der Waals surface area contributed by atoms with Crippen LogP contribution in [-0.4, -0.2) is 28.5 Å². The van der Waals surface area contributed by atoms with Gasteiger partial charge in [0.05, 0.1) is 7.14 Å². The van der Waals surface area contributed by atoms with E-state index >= 15 is 0 Å². The van der Waals surface area contributed by atoms with Crippen LogP contribution >= 0.6 is 7.14 Å². The van der Waals surface area contributed by atoms with Gasteiger partial charge in [-0.2, -0.15) is 0 Å². The Labute approximate surface area is 139 Å². The third-order valence-corrected chi connectivity index (χ3v) is 8.56. The summed E-state index contributed by atoms with van der Waals surface area (Å²) in [6, 6.07) is 13.9. The van der Waals surface area contributed by atoms with Crippen molar-refractivity contribution in [2.45, 2.75) is 38.8 Å². The standard InChI is InChI=1S/C19H26NO2P/c1-3-23(22,4-2)18(13-12-17-10-6-5-7-11-17)16-19(21)20-14-8-9-15-20/h5-11,14-15,18H,3-4,12-13,16H2,1-2H3/t18-/m1/s1. The van der Waals surface area contributed by atoms with Crippen molar-refractivity contribution in [1.29, 1.82) is 0 Å². The first-order chi connectivity index (χ1) is 11.1. The first-order valence-electron chi connectivity index (χ1n) is 8.37. The van der Waals surface area contributed by atoms with E-state index in [2.05, 4.69) is 12.1 Å². The third kappa shape index (κ3) is 4.68. The minimum absolute atomic E-state index is 0.0346. The number of carbonyl (C=O) groups excluding carboxylic acids is 1. The molecule has 124 valence electrons. The van der Waals surface area contributed by atoms with Crippen molar-refractivity contribution in [3.63, 3.8) is 0 Å². The number of hydrogen-bond donors (Lipinski definition) is 0. The van der Waals surface area contributed by atoms with Gasteiger partial charge < -0.3 is 4.57 Å². The van der Waals surface area contributed by atoms with Crippen molar-refractivity contribution >= 4 is 13.0 Å². The lowest BCUT2D eigenvalue weighted by atomic mass is 10.1. The maximum atomic E-state index is 13.2. The summed E-state index contributed by atoms with van der Waals surface area (Å²) < 4.78 is 14.8. The highest BCUT2D eigenvalue weighted by Gasteiger charge is 2.31. The molecule has 2 aromatic rings. The minimum Gasteiger partial charge on any atom is -0.323 e. The normalized spacial score (nSPS) is 13.0. The smallest absolute Gasteiger partial charge is 0.231 e. The van der Waals surface area contributed by atoms with Gasteiger partial charge in [-0.3, -0.25) is 9.36 Å². The number of aromatic nitrogens is 1. The van der Waals surface area contributed by atoms with Gasteiger partial charge in [-0.15, -0.1) is 0 Å². The Morgan fingerprint density at radius 2 is 1.65 bits per heavy atom. The average Bonchev–Trinajstić information content (AvgIpc) is 3.13. The third-order valence-electron chi connectivity index (χ3n) is 4.65. The van der Waals surface area contributed by atoms with E-state index in [1.54, 1.807) is 17.0 Å². The van der Waals surface area contributed by atoms with E-state index < -0.39 is 7.14 Å². The molecule has 0 fully saturated rings. The quantitative estimate of drug-likeness (QED) is 0.644. The largest absolute Gasteiger partial charge is 0.323 e. The zero-order chi connectivity index (χ0) is 16.7. The Kier molecular flexibility index (Phi) is 6.41. The summed E-state index contributed by atoms with van der Waals surface area (Å²) in [4.78, 5) is 12.4. The second kappa shape index (κ2) is 8.31. The first-order valence-corrected chi connectivity index (χ1v) is 10.5. The van der Waals surface area contributed by atoms with Gasteiger partial charge in [-0.1, -0.05) is 44.2 Å². The summed E-state index contributed by atoms with van der Waals surface area (Å²) in [5, 5.41) is 0. The highest BCUT2D eigenvalue weighted by Crippen LogP contribution is 2.53. The lowest BCUT2D eigenvalue weighted by Gasteiger charge is -2.26. The molecular formula is C19H26NO2P. The molecule has 23 heavy (non-hydrogen) atoms. The molecule has 2 rings (SSSR count). The molecule has 1 atom stereocenters. The topological polar surface area (TPSA) is 39.1 Å². The molecular weight excluding hydrogens is 305 g/mol. The van der Waals surface area contributed by atoms with Crippen LogP contribution in [0.3, 0.4) is 0 Å². The van der Waals surface area contributed by atoms with Gasteiger partial charge in [0.25, 0.3) is 0 Å². The van der Waals surface area contributed by atoms with Crippen molar-refractivity contribution < 1.29 is 9.36 Å². The van der Waals surface area contributed by atoms with Crippen molar-refractivity contribution in [2.24, 2.45) is 0 Å². The van der Waals surface area contributed by atoms with Crippen molar-refractivity contribution in [3.05, 3.63) is 60.4 Å². The van der Waals surface area contributed by atoms with Crippen LogP contribution in [0.4, 0.5) is 0 Å². The van der Waals surface area contributed by atoms with Crippen LogP contribution in [0.1, 0.15) is 37.0 Å². The molecule has 0 spiro atoms. The van der Waals surface area contributed by atoms with Gasteiger partial charge in [0.2, 0.25) is 5.91 Å². The van der Waals surface area contributed by atoms with Gasteiger partial charge in [-0.25, -0.2) is 0 Å². The van der Waals surface area contributed by atoms with Crippen molar-refractivity contribution in [2.75, 3.05) is 12.3 Å². The Morgan fingerprint density at radius 1 is 1.04 bits per heavy atom. The minimum atomic E-state index is -2.32. The molecule has 0 amide bonds. The van der Waals surface area contributed by atoms with Gasteiger partial charge >= 0.3 is 0 Å². The van der Waals surface area contributed by atoms with Gasteiger partial charge in [-0.05, 0) is 42.9 Å². The molecule has 3 nitrogen and oxygen atoms in total. The van der Waals surface area contributed by atoms with Crippen LogP contribution in [0, 0.1) is 0 Å². The van der Waals surface area contributed by atoms with Crippen LogP contribution in [-0.2, 0) is 11.0 Å². The molecule has 0 saturated heterocycles. The van der Waals surface area contributed by atoms with E-state index in [0.29, 0.717) is 18.7 Å². The second-order valence-electron chi connectivity index (χ2n) is 5.95. The monoisotopic (exact) mass is 331 g/mol. The van der Waals surface area contributed by atoms with Crippen LogP contribution < -0.4 is 0 Å². The summed E-state index contributed by atoms with van der Waals surface area (Å²) >= 11 is 0. The lowest BCUT2D eigenvalue weighted by molar-refractivity contribution is 0.0900. The number of nitrogens with zero attached hydrogens (tertiary/aromatic N) is 1. The fourth-order valence-electron chi connectivity index (χ4n) is 3.03. The van der Waals surface area contributed by atoms with Crippen molar-refractivity contribution in [3.8, 4) is 0 Å². The summed E-state index contributed by atoms with van der Waals surface area (Å²) in [5.41, 5.74) is 1.21. The Morgan fingerprint density at radius 3 is 2.22 bits per heavy atom. The number of rotatable bonds is 8. The predicted octanol–water partition coefficient (Wildman–Crippen LogP) is 4.92. The van der Waals surface area contributed by atoms with Crippen LogP contribution in [0.5, 0.6) is 0 Å².